The third kappa shape index (κ3) is 3.68. The van der Waals surface area contributed by atoms with Gasteiger partial charge in [-0.15, -0.1) is 0 Å². The normalized spacial score (nSPS) is 14.3. The van der Waals surface area contributed by atoms with Crippen molar-refractivity contribution in [2.24, 2.45) is 5.10 Å². The summed E-state index contributed by atoms with van der Waals surface area (Å²) < 4.78 is 7.00. The smallest absolute Gasteiger partial charge is 0.210 e. The lowest BCUT2D eigenvalue weighted by atomic mass is 10.2. The van der Waals surface area contributed by atoms with Crippen LogP contribution in [0.15, 0.2) is 80.7 Å². The van der Waals surface area contributed by atoms with Crippen LogP contribution in [0.1, 0.15) is 18.6 Å². The molecular formula is C21H20BrN3O. The summed E-state index contributed by atoms with van der Waals surface area (Å²) in [5.41, 5.74) is 2.00. The van der Waals surface area contributed by atoms with Crippen LogP contribution in [0.5, 0.6) is 0 Å². The largest absolute Gasteiger partial charge is 0.438 e. The number of benzene rings is 2. The van der Waals surface area contributed by atoms with Crippen molar-refractivity contribution in [3.05, 3.63) is 77.0 Å². The number of hydrogen-bond donors (Lipinski definition) is 0. The fourth-order valence-corrected chi connectivity index (χ4v) is 3.67. The number of rotatable bonds is 5. The molecular weight excluding hydrogens is 390 g/mol. The van der Waals surface area contributed by atoms with Gasteiger partial charge in [-0.25, -0.2) is 5.01 Å². The van der Waals surface area contributed by atoms with E-state index < -0.39 is 0 Å². The molecule has 4 nitrogen and oxygen atoms in total. The highest BCUT2D eigenvalue weighted by molar-refractivity contribution is 9.10. The van der Waals surface area contributed by atoms with Crippen molar-refractivity contribution >= 4 is 39.4 Å². The topological polar surface area (TPSA) is 32.0 Å². The Bertz CT molecular complexity index is 831. The first-order valence-electron chi connectivity index (χ1n) is 8.80. The summed E-state index contributed by atoms with van der Waals surface area (Å²) in [5.74, 6) is 1.63. The van der Waals surface area contributed by atoms with E-state index in [4.69, 9.17) is 9.52 Å². The third-order valence-electron chi connectivity index (χ3n) is 4.38. The van der Waals surface area contributed by atoms with E-state index in [1.165, 1.54) is 12.8 Å². The number of nitrogens with zero attached hydrogens (tertiary/aromatic N) is 3. The lowest BCUT2D eigenvalue weighted by molar-refractivity contribution is 0.549. The Morgan fingerprint density at radius 3 is 2.08 bits per heavy atom. The van der Waals surface area contributed by atoms with Crippen molar-refractivity contribution in [3.63, 3.8) is 0 Å². The minimum absolute atomic E-state index is 0.732. The zero-order valence-corrected chi connectivity index (χ0v) is 16.0. The highest BCUT2D eigenvalue weighted by Crippen LogP contribution is 2.32. The highest BCUT2D eigenvalue weighted by Gasteiger charge is 2.19. The van der Waals surface area contributed by atoms with Gasteiger partial charge in [0.05, 0.1) is 22.1 Å². The van der Waals surface area contributed by atoms with E-state index in [-0.39, 0.29) is 0 Å². The van der Waals surface area contributed by atoms with Crippen LogP contribution in [-0.2, 0) is 0 Å². The molecule has 5 heteroatoms. The molecule has 0 N–H and O–H groups in total. The number of anilines is 3. The van der Waals surface area contributed by atoms with Crippen LogP contribution in [0.3, 0.4) is 0 Å². The number of para-hydroxylation sites is 2. The first kappa shape index (κ1) is 16.9. The van der Waals surface area contributed by atoms with Gasteiger partial charge < -0.3 is 9.32 Å². The molecule has 0 aliphatic carbocycles. The molecule has 1 aliphatic rings. The second kappa shape index (κ2) is 7.79. The molecule has 2 heterocycles. The van der Waals surface area contributed by atoms with Crippen molar-refractivity contribution in [3.8, 4) is 0 Å². The predicted molar refractivity (Wildman–Crippen MR) is 110 cm³/mol. The number of hydrazone groups is 1. The zero-order chi connectivity index (χ0) is 17.8. The van der Waals surface area contributed by atoms with E-state index in [1.807, 2.05) is 71.7 Å². The number of hydrogen-bond acceptors (Lipinski definition) is 4. The molecule has 1 aliphatic heterocycles. The first-order valence-corrected chi connectivity index (χ1v) is 9.59. The van der Waals surface area contributed by atoms with E-state index in [2.05, 4.69) is 20.8 Å². The van der Waals surface area contributed by atoms with Gasteiger partial charge in [0.2, 0.25) is 5.88 Å². The minimum Gasteiger partial charge on any atom is -0.438 e. The Morgan fingerprint density at radius 2 is 1.50 bits per heavy atom. The van der Waals surface area contributed by atoms with Crippen LogP contribution in [-0.4, -0.2) is 19.3 Å². The molecule has 26 heavy (non-hydrogen) atoms. The number of furan rings is 1. The van der Waals surface area contributed by atoms with Crippen molar-refractivity contribution in [2.75, 3.05) is 23.0 Å². The molecule has 0 saturated carbocycles. The quantitative estimate of drug-likeness (QED) is 0.393. The fraction of sp³-hybridized carbons (Fsp3) is 0.190. The van der Waals surface area contributed by atoms with E-state index >= 15 is 0 Å². The van der Waals surface area contributed by atoms with Gasteiger partial charge in [-0.1, -0.05) is 36.4 Å². The molecule has 4 rings (SSSR count). The van der Waals surface area contributed by atoms with Gasteiger partial charge in [0.1, 0.15) is 0 Å². The first-order chi connectivity index (χ1) is 12.8. The summed E-state index contributed by atoms with van der Waals surface area (Å²) in [5, 5.41) is 6.60. The lowest BCUT2D eigenvalue weighted by Gasteiger charge is -2.18. The summed E-state index contributed by atoms with van der Waals surface area (Å²) in [7, 11) is 0. The average Bonchev–Trinajstić information content (AvgIpc) is 3.33. The summed E-state index contributed by atoms with van der Waals surface area (Å²) in [6.07, 6.45) is 4.20. The Kier molecular flexibility index (Phi) is 5.07. The Hall–Kier alpha value is -2.53. The highest BCUT2D eigenvalue weighted by atomic mass is 79.9. The van der Waals surface area contributed by atoms with Gasteiger partial charge in [-0.05, 0) is 53.0 Å². The van der Waals surface area contributed by atoms with Gasteiger partial charge in [0.15, 0.2) is 5.76 Å². The van der Waals surface area contributed by atoms with Crippen molar-refractivity contribution in [1.82, 2.24) is 0 Å². The molecule has 0 unspecified atom stereocenters. The van der Waals surface area contributed by atoms with E-state index in [0.29, 0.717) is 0 Å². The maximum Gasteiger partial charge on any atom is 0.210 e. The van der Waals surface area contributed by atoms with Crippen LogP contribution in [0, 0.1) is 0 Å². The van der Waals surface area contributed by atoms with Crippen LogP contribution in [0.4, 0.5) is 17.3 Å². The monoisotopic (exact) mass is 409 g/mol. The second-order valence-corrected chi connectivity index (χ2v) is 7.08. The molecule has 1 aromatic heterocycles. The summed E-state index contributed by atoms with van der Waals surface area (Å²) in [6, 6.07) is 22.2. The number of halogens is 1. The fourth-order valence-electron chi connectivity index (χ4n) is 3.11. The molecule has 0 radical (unpaired) electrons. The molecule has 0 bridgehead atoms. The predicted octanol–water partition coefficient (Wildman–Crippen LogP) is 5.81. The third-order valence-corrected chi connectivity index (χ3v) is 4.95. The average molecular weight is 410 g/mol. The van der Waals surface area contributed by atoms with E-state index in [1.54, 1.807) is 6.21 Å². The summed E-state index contributed by atoms with van der Waals surface area (Å²) in [4.78, 5) is 2.27. The molecule has 0 spiro atoms. The maximum absolute atomic E-state index is 6.02. The van der Waals surface area contributed by atoms with Crippen LogP contribution in [0.2, 0.25) is 0 Å². The van der Waals surface area contributed by atoms with Crippen molar-refractivity contribution in [2.45, 2.75) is 12.8 Å². The molecule has 1 fully saturated rings. The Morgan fingerprint density at radius 1 is 0.923 bits per heavy atom. The van der Waals surface area contributed by atoms with Crippen LogP contribution < -0.4 is 9.91 Å². The molecule has 0 amide bonds. The lowest BCUT2D eigenvalue weighted by Crippen LogP contribution is -2.17. The standard InChI is InChI=1S/C21H20BrN3O/c22-20-15-19(26-21(20)24-13-7-8-14-24)16-23-25(17-9-3-1-4-10-17)18-11-5-2-6-12-18/h1-6,9-12,15-16H,7-8,13-14H2/b23-16-. The molecule has 1 saturated heterocycles. The van der Waals surface area contributed by atoms with Gasteiger partial charge in [0, 0.05) is 19.2 Å². The summed E-state index contributed by atoms with van der Waals surface area (Å²) >= 11 is 3.61. The van der Waals surface area contributed by atoms with Gasteiger partial charge in [-0.3, -0.25) is 0 Å². The van der Waals surface area contributed by atoms with Gasteiger partial charge in [-0.2, -0.15) is 5.10 Å². The molecule has 0 atom stereocenters. The minimum atomic E-state index is 0.732. The van der Waals surface area contributed by atoms with Gasteiger partial charge in [0.25, 0.3) is 0 Å². The van der Waals surface area contributed by atoms with Gasteiger partial charge >= 0.3 is 0 Å². The summed E-state index contributed by atoms with van der Waals surface area (Å²) in [6.45, 7) is 2.09. The van der Waals surface area contributed by atoms with Crippen molar-refractivity contribution < 1.29 is 4.42 Å². The molecule has 132 valence electrons. The van der Waals surface area contributed by atoms with E-state index in [9.17, 15) is 0 Å². The second-order valence-electron chi connectivity index (χ2n) is 6.22. The van der Waals surface area contributed by atoms with E-state index in [0.717, 1.165) is 40.6 Å². The molecule has 3 aromatic rings. The van der Waals surface area contributed by atoms with Crippen molar-refractivity contribution in [1.29, 1.82) is 0 Å². The maximum atomic E-state index is 6.02. The Labute approximate surface area is 161 Å². The molecule has 2 aromatic carbocycles. The van der Waals surface area contributed by atoms with Crippen LogP contribution in [0.25, 0.3) is 0 Å². The Balaban J connectivity index is 1.63. The SMILES string of the molecule is Brc1cc(/C=N\N(c2ccccc2)c2ccccc2)oc1N1CCCC1. The van der Waals surface area contributed by atoms with Crippen LogP contribution >= 0.6 is 15.9 Å². The zero-order valence-electron chi connectivity index (χ0n) is 14.4.